The number of rotatable bonds is 4. The molecule has 1 fully saturated rings. The number of hydrogen-bond acceptors (Lipinski definition) is 6. The number of fused-ring (bicyclic) bond motifs is 3. The number of aliphatic hydroxyl groups excluding tert-OH is 1. The quantitative estimate of drug-likeness (QED) is 0.408. The maximum Gasteiger partial charge on any atom is 0.261 e. The first kappa shape index (κ1) is 21.6. The number of aryl methyl sites for hydroxylation is 1. The highest BCUT2D eigenvalue weighted by Crippen LogP contribution is 2.29. The van der Waals surface area contributed by atoms with E-state index in [-0.39, 0.29) is 18.2 Å². The Kier molecular flexibility index (Phi) is 5.39. The molecule has 1 saturated heterocycles. The summed E-state index contributed by atoms with van der Waals surface area (Å²) in [5.41, 5.74) is 4.47. The number of aromatic nitrogens is 5. The standard InChI is InChI=1S/C27H25N5O3/c1-31-14-19(13-30-31)17-6-7-20(28-12-17)10-18-11-23-26(22-5-3-2-4-21(18)22)29-16-32(27(23)34)24-8-9-35-15-25(24)33/h2-7,11-14,16,24-25,33H,8-10,15H2,1H3/t24-,25-/m0/s1. The Labute approximate surface area is 201 Å². The monoisotopic (exact) mass is 467 g/mol. The zero-order valence-corrected chi connectivity index (χ0v) is 19.3. The summed E-state index contributed by atoms with van der Waals surface area (Å²) in [5.74, 6) is 0. The van der Waals surface area contributed by atoms with Gasteiger partial charge in [-0.15, -0.1) is 0 Å². The second-order valence-corrected chi connectivity index (χ2v) is 9.05. The van der Waals surface area contributed by atoms with Gasteiger partial charge in [-0.3, -0.25) is 19.0 Å². The van der Waals surface area contributed by atoms with E-state index < -0.39 is 6.10 Å². The normalized spacial score (nSPS) is 18.3. The van der Waals surface area contributed by atoms with Gasteiger partial charge in [-0.2, -0.15) is 5.10 Å². The number of ether oxygens (including phenoxy) is 1. The van der Waals surface area contributed by atoms with E-state index in [1.165, 1.54) is 0 Å². The molecule has 8 nitrogen and oxygen atoms in total. The third-order valence-electron chi connectivity index (χ3n) is 6.76. The molecule has 5 aromatic rings. The lowest BCUT2D eigenvalue weighted by Gasteiger charge is -2.29. The summed E-state index contributed by atoms with van der Waals surface area (Å²) in [5, 5.41) is 17.2. The molecular formula is C27H25N5O3. The van der Waals surface area contributed by atoms with Gasteiger partial charge in [-0.25, -0.2) is 4.98 Å². The Hall–Kier alpha value is -3.88. The molecule has 35 heavy (non-hydrogen) atoms. The summed E-state index contributed by atoms with van der Waals surface area (Å²) in [6.07, 6.45) is 7.62. The highest BCUT2D eigenvalue weighted by molar-refractivity contribution is 6.06. The van der Waals surface area contributed by atoms with E-state index in [2.05, 4.69) is 21.1 Å². The molecule has 0 radical (unpaired) electrons. The smallest absolute Gasteiger partial charge is 0.261 e. The Morgan fingerprint density at radius 3 is 2.66 bits per heavy atom. The summed E-state index contributed by atoms with van der Waals surface area (Å²) >= 11 is 0. The number of aliphatic hydroxyl groups is 1. The number of hydrogen-bond donors (Lipinski definition) is 1. The molecule has 3 aromatic heterocycles. The van der Waals surface area contributed by atoms with Crippen LogP contribution >= 0.6 is 0 Å². The van der Waals surface area contributed by atoms with Crippen LogP contribution in [0.25, 0.3) is 32.8 Å². The minimum atomic E-state index is -0.733. The second-order valence-electron chi connectivity index (χ2n) is 9.05. The minimum Gasteiger partial charge on any atom is -0.389 e. The van der Waals surface area contributed by atoms with Crippen molar-refractivity contribution in [3.8, 4) is 11.1 Å². The van der Waals surface area contributed by atoms with E-state index in [9.17, 15) is 9.90 Å². The fourth-order valence-electron chi connectivity index (χ4n) is 4.93. The Morgan fingerprint density at radius 2 is 1.91 bits per heavy atom. The van der Waals surface area contributed by atoms with E-state index >= 15 is 0 Å². The summed E-state index contributed by atoms with van der Waals surface area (Å²) in [4.78, 5) is 22.9. The van der Waals surface area contributed by atoms with Crippen LogP contribution in [0.3, 0.4) is 0 Å². The topological polar surface area (TPSA) is 95.1 Å². The molecule has 0 spiro atoms. The van der Waals surface area contributed by atoms with E-state index in [0.717, 1.165) is 33.2 Å². The van der Waals surface area contributed by atoms with Crippen LogP contribution in [0.4, 0.5) is 0 Å². The van der Waals surface area contributed by atoms with Gasteiger partial charge in [0.2, 0.25) is 0 Å². The van der Waals surface area contributed by atoms with Crippen LogP contribution in [0.15, 0.2) is 72.2 Å². The van der Waals surface area contributed by atoms with Crippen molar-refractivity contribution < 1.29 is 9.84 Å². The first-order chi connectivity index (χ1) is 17.1. The van der Waals surface area contributed by atoms with Gasteiger partial charge in [0.05, 0.1) is 42.2 Å². The molecule has 4 heterocycles. The van der Waals surface area contributed by atoms with Crippen LogP contribution in [0.5, 0.6) is 0 Å². The van der Waals surface area contributed by atoms with Gasteiger partial charge in [-0.05, 0) is 29.5 Å². The van der Waals surface area contributed by atoms with Crippen LogP contribution in [0.1, 0.15) is 23.7 Å². The molecule has 0 amide bonds. The van der Waals surface area contributed by atoms with Crippen LogP contribution in [0, 0.1) is 0 Å². The van der Waals surface area contributed by atoms with E-state index in [1.54, 1.807) is 15.6 Å². The summed E-state index contributed by atoms with van der Waals surface area (Å²) < 4.78 is 8.68. The number of nitrogens with zero attached hydrogens (tertiary/aromatic N) is 5. The average molecular weight is 468 g/mol. The van der Waals surface area contributed by atoms with Crippen LogP contribution < -0.4 is 5.56 Å². The summed E-state index contributed by atoms with van der Waals surface area (Å²) in [7, 11) is 1.89. The molecule has 0 saturated carbocycles. The maximum atomic E-state index is 13.6. The number of pyridine rings is 1. The molecule has 8 heteroatoms. The average Bonchev–Trinajstić information content (AvgIpc) is 3.32. The molecule has 176 valence electrons. The van der Waals surface area contributed by atoms with Gasteiger partial charge in [-0.1, -0.05) is 30.3 Å². The first-order valence-corrected chi connectivity index (χ1v) is 11.7. The van der Waals surface area contributed by atoms with Gasteiger partial charge < -0.3 is 9.84 Å². The van der Waals surface area contributed by atoms with Crippen LogP contribution in [-0.4, -0.2) is 48.7 Å². The van der Waals surface area contributed by atoms with Crippen molar-refractivity contribution in [2.45, 2.75) is 25.0 Å². The van der Waals surface area contributed by atoms with Gasteiger partial charge >= 0.3 is 0 Å². The van der Waals surface area contributed by atoms with E-state index in [4.69, 9.17) is 4.74 Å². The fourth-order valence-corrected chi connectivity index (χ4v) is 4.93. The molecule has 6 rings (SSSR count). The Bertz CT molecular complexity index is 1590. The SMILES string of the molecule is Cn1cc(-c2ccc(Cc3cc4c(=O)n([C@H]5CCOC[C@@H]5O)cnc4c4ccccc34)nc2)cn1. The van der Waals surface area contributed by atoms with E-state index in [1.807, 2.05) is 62.0 Å². The third kappa shape index (κ3) is 3.90. The second kappa shape index (κ2) is 8.72. The largest absolute Gasteiger partial charge is 0.389 e. The molecule has 1 N–H and O–H groups in total. The molecule has 0 unspecified atom stereocenters. The summed E-state index contributed by atoms with van der Waals surface area (Å²) in [6, 6.07) is 13.7. The Balaban J connectivity index is 1.43. The van der Waals surface area contributed by atoms with Gasteiger partial charge in [0.15, 0.2) is 0 Å². The van der Waals surface area contributed by atoms with Crippen molar-refractivity contribution in [2.24, 2.45) is 7.05 Å². The van der Waals surface area contributed by atoms with Crippen molar-refractivity contribution in [3.63, 3.8) is 0 Å². The molecule has 2 atom stereocenters. The zero-order valence-electron chi connectivity index (χ0n) is 19.3. The lowest BCUT2D eigenvalue weighted by atomic mass is 9.97. The van der Waals surface area contributed by atoms with Crippen LogP contribution in [-0.2, 0) is 18.2 Å². The van der Waals surface area contributed by atoms with Gasteiger partial charge in [0.25, 0.3) is 5.56 Å². The predicted molar refractivity (Wildman–Crippen MR) is 133 cm³/mol. The highest BCUT2D eigenvalue weighted by Gasteiger charge is 2.27. The lowest BCUT2D eigenvalue weighted by molar-refractivity contribution is -0.0395. The molecule has 1 aliphatic heterocycles. The molecular weight excluding hydrogens is 442 g/mol. The molecule has 0 bridgehead atoms. The predicted octanol–water partition coefficient (Wildman–Crippen LogP) is 3.26. The van der Waals surface area contributed by atoms with Crippen molar-refractivity contribution in [2.75, 3.05) is 13.2 Å². The van der Waals surface area contributed by atoms with Crippen LogP contribution in [0.2, 0.25) is 0 Å². The minimum absolute atomic E-state index is 0.146. The van der Waals surface area contributed by atoms with Crippen molar-refractivity contribution in [1.29, 1.82) is 0 Å². The lowest BCUT2D eigenvalue weighted by Crippen LogP contribution is -2.39. The third-order valence-corrected chi connectivity index (χ3v) is 6.76. The molecule has 0 aliphatic carbocycles. The maximum absolute atomic E-state index is 13.6. The van der Waals surface area contributed by atoms with Crippen molar-refractivity contribution in [3.05, 3.63) is 89.0 Å². The van der Waals surface area contributed by atoms with Gasteiger partial charge in [0.1, 0.15) is 0 Å². The molecule has 2 aromatic carbocycles. The van der Waals surface area contributed by atoms with Crippen molar-refractivity contribution >= 4 is 21.7 Å². The molecule has 1 aliphatic rings. The van der Waals surface area contributed by atoms with E-state index in [0.29, 0.717) is 30.4 Å². The van der Waals surface area contributed by atoms with Crippen molar-refractivity contribution in [1.82, 2.24) is 24.3 Å². The number of benzene rings is 2. The fraction of sp³-hybridized carbons (Fsp3) is 0.259. The highest BCUT2D eigenvalue weighted by atomic mass is 16.5. The zero-order chi connectivity index (χ0) is 23.9. The summed E-state index contributed by atoms with van der Waals surface area (Å²) in [6.45, 7) is 0.731. The van der Waals surface area contributed by atoms with Gasteiger partial charge in [0, 0.05) is 54.7 Å². The first-order valence-electron chi connectivity index (χ1n) is 11.7. The Morgan fingerprint density at radius 1 is 1.06 bits per heavy atom.